The van der Waals surface area contributed by atoms with Crippen molar-refractivity contribution < 1.29 is 14.6 Å². The van der Waals surface area contributed by atoms with Crippen LogP contribution in [-0.4, -0.2) is 30.3 Å². The maximum Gasteiger partial charge on any atom is 0.326 e. The lowest BCUT2D eigenvalue weighted by atomic mass is 9.77. The summed E-state index contributed by atoms with van der Waals surface area (Å²) in [5.41, 5.74) is 1.62. The normalized spacial score (nSPS) is 20.7. The molecule has 0 saturated carbocycles. The summed E-state index contributed by atoms with van der Waals surface area (Å²) in [4.78, 5) is 12.1. The van der Waals surface area contributed by atoms with Gasteiger partial charge in [0.1, 0.15) is 11.3 Å². The third kappa shape index (κ3) is 3.25. The van der Waals surface area contributed by atoms with Gasteiger partial charge in [0.25, 0.3) is 0 Å². The standard InChI is InChI=1S/C15H21NO3.ClH/c1-3-8-16-15(14(18)19-2)7-6-11-9-13(17)5-4-12(11)10-15;/h4-5,9,16-17H,3,6-8,10H2,1-2H3;1H. The second-order valence-electron chi connectivity index (χ2n) is 5.13. The molecule has 0 heterocycles. The van der Waals surface area contributed by atoms with Crippen molar-refractivity contribution in [3.63, 3.8) is 0 Å². The van der Waals surface area contributed by atoms with Crippen molar-refractivity contribution in [3.8, 4) is 5.75 Å². The fourth-order valence-corrected chi connectivity index (χ4v) is 2.74. The van der Waals surface area contributed by atoms with E-state index < -0.39 is 5.54 Å². The number of hydrogen-bond acceptors (Lipinski definition) is 4. The molecule has 1 aliphatic rings. The molecule has 0 fully saturated rings. The van der Waals surface area contributed by atoms with Crippen LogP contribution in [-0.2, 0) is 22.4 Å². The Bertz CT molecular complexity index is 478. The Labute approximate surface area is 125 Å². The summed E-state index contributed by atoms with van der Waals surface area (Å²) in [6.07, 6.45) is 3.07. The molecule has 112 valence electrons. The van der Waals surface area contributed by atoms with Gasteiger partial charge in [-0.1, -0.05) is 13.0 Å². The topological polar surface area (TPSA) is 58.6 Å². The number of carbonyl (C=O) groups excluding carboxylic acids is 1. The van der Waals surface area contributed by atoms with Crippen LogP contribution >= 0.6 is 12.4 Å². The predicted molar refractivity (Wildman–Crippen MR) is 80.4 cm³/mol. The first-order chi connectivity index (χ1) is 9.11. The van der Waals surface area contributed by atoms with Gasteiger partial charge in [0.05, 0.1) is 7.11 Å². The van der Waals surface area contributed by atoms with Gasteiger partial charge in [-0.15, -0.1) is 12.4 Å². The lowest BCUT2D eigenvalue weighted by molar-refractivity contribution is -0.149. The zero-order chi connectivity index (χ0) is 13.9. The smallest absolute Gasteiger partial charge is 0.326 e. The lowest BCUT2D eigenvalue weighted by Gasteiger charge is -2.36. The Hall–Kier alpha value is -1.26. The number of halogens is 1. The van der Waals surface area contributed by atoms with Crippen molar-refractivity contribution in [3.05, 3.63) is 29.3 Å². The van der Waals surface area contributed by atoms with Gasteiger partial charge < -0.3 is 15.2 Å². The molecule has 2 N–H and O–H groups in total. The Morgan fingerprint density at radius 2 is 2.20 bits per heavy atom. The van der Waals surface area contributed by atoms with E-state index in [-0.39, 0.29) is 24.1 Å². The molecule has 0 spiro atoms. The van der Waals surface area contributed by atoms with E-state index in [4.69, 9.17) is 4.74 Å². The molecule has 0 amide bonds. The van der Waals surface area contributed by atoms with Crippen LogP contribution in [0, 0.1) is 0 Å². The molecule has 0 aliphatic heterocycles. The van der Waals surface area contributed by atoms with Crippen molar-refractivity contribution in [2.24, 2.45) is 0 Å². The molecule has 1 atom stereocenters. The number of benzene rings is 1. The van der Waals surface area contributed by atoms with E-state index in [1.807, 2.05) is 6.07 Å². The van der Waals surface area contributed by atoms with Crippen LogP contribution < -0.4 is 5.32 Å². The van der Waals surface area contributed by atoms with Gasteiger partial charge in [-0.3, -0.25) is 4.79 Å². The minimum atomic E-state index is -0.616. The van der Waals surface area contributed by atoms with Crippen molar-refractivity contribution >= 4 is 18.4 Å². The Morgan fingerprint density at radius 1 is 1.45 bits per heavy atom. The summed E-state index contributed by atoms with van der Waals surface area (Å²) < 4.78 is 4.98. The molecular weight excluding hydrogens is 278 g/mol. The number of aryl methyl sites for hydroxylation is 1. The van der Waals surface area contributed by atoms with E-state index in [1.54, 1.807) is 12.1 Å². The first-order valence-corrected chi connectivity index (χ1v) is 6.75. The number of aromatic hydroxyl groups is 1. The number of nitrogens with one attached hydrogen (secondary N) is 1. The zero-order valence-electron chi connectivity index (χ0n) is 11.9. The van der Waals surface area contributed by atoms with E-state index in [1.165, 1.54) is 7.11 Å². The van der Waals surface area contributed by atoms with Crippen molar-refractivity contribution in [2.45, 2.75) is 38.1 Å². The molecule has 0 aromatic heterocycles. The largest absolute Gasteiger partial charge is 0.508 e. The van der Waals surface area contributed by atoms with E-state index >= 15 is 0 Å². The molecular formula is C15H22ClNO3. The van der Waals surface area contributed by atoms with Crippen molar-refractivity contribution in [1.82, 2.24) is 5.32 Å². The van der Waals surface area contributed by atoms with E-state index in [0.717, 1.165) is 30.5 Å². The number of phenolic OH excluding ortho intramolecular Hbond substituents is 1. The number of methoxy groups -OCH3 is 1. The second kappa shape index (κ2) is 6.95. The fourth-order valence-electron chi connectivity index (χ4n) is 2.74. The number of hydrogen-bond donors (Lipinski definition) is 2. The van der Waals surface area contributed by atoms with E-state index in [9.17, 15) is 9.90 Å². The first kappa shape index (κ1) is 16.8. The molecule has 1 aliphatic carbocycles. The molecule has 0 bridgehead atoms. The number of phenols is 1. The SMILES string of the molecule is CCCNC1(C(=O)OC)CCc2cc(O)ccc2C1.Cl. The van der Waals surface area contributed by atoms with Gasteiger partial charge >= 0.3 is 5.97 Å². The third-order valence-electron chi connectivity index (χ3n) is 3.79. The van der Waals surface area contributed by atoms with E-state index in [2.05, 4.69) is 12.2 Å². The predicted octanol–water partition coefficient (Wildman–Crippen LogP) is 2.21. The number of esters is 1. The Morgan fingerprint density at radius 3 is 2.85 bits per heavy atom. The van der Waals surface area contributed by atoms with Gasteiger partial charge in [0.15, 0.2) is 0 Å². The molecule has 0 radical (unpaired) electrons. The summed E-state index contributed by atoms with van der Waals surface area (Å²) in [6, 6.07) is 5.36. The molecule has 1 aromatic carbocycles. The summed E-state index contributed by atoms with van der Waals surface area (Å²) in [5, 5.41) is 12.9. The average Bonchev–Trinajstić information content (AvgIpc) is 2.44. The van der Waals surface area contributed by atoms with Crippen LogP contribution in [0.1, 0.15) is 30.9 Å². The molecule has 1 aromatic rings. The monoisotopic (exact) mass is 299 g/mol. The molecule has 0 saturated heterocycles. The zero-order valence-corrected chi connectivity index (χ0v) is 12.8. The highest BCUT2D eigenvalue weighted by atomic mass is 35.5. The number of fused-ring (bicyclic) bond motifs is 1. The van der Waals surface area contributed by atoms with Gasteiger partial charge in [0.2, 0.25) is 0 Å². The van der Waals surface area contributed by atoms with Crippen LogP contribution in [0.15, 0.2) is 18.2 Å². The highest BCUT2D eigenvalue weighted by molar-refractivity contribution is 5.85. The molecule has 2 rings (SSSR count). The van der Waals surface area contributed by atoms with Gasteiger partial charge in [-0.05, 0) is 49.1 Å². The number of carbonyl (C=O) groups is 1. The Balaban J connectivity index is 0.00000200. The number of ether oxygens (including phenoxy) is 1. The summed E-state index contributed by atoms with van der Waals surface area (Å²) in [5.74, 6) is 0.0884. The third-order valence-corrected chi connectivity index (χ3v) is 3.79. The van der Waals surface area contributed by atoms with Crippen LogP contribution in [0.3, 0.4) is 0 Å². The summed E-state index contributed by atoms with van der Waals surface area (Å²) >= 11 is 0. The van der Waals surface area contributed by atoms with Crippen molar-refractivity contribution in [1.29, 1.82) is 0 Å². The molecule has 1 unspecified atom stereocenters. The average molecular weight is 300 g/mol. The van der Waals surface area contributed by atoms with E-state index in [0.29, 0.717) is 12.8 Å². The van der Waals surface area contributed by atoms with Gasteiger partial charge in [0, 0.05) is 6.42 Å². The minimum absolute atomic E-state index is 0. The summed E-state index contributed by atoms with van der Waals surface area (Å²) in [7, 11) is 1.43. The van der Waals surface area contributed by atoms with Gasteiger partial charge in [-0.25, -0.2) is 0 Å². The highest BCUT2D eigenvalue weighted by Crippen LogP contribution is 2.31. The Kier molecular flexibility index (Phi) is 5.84. The number of rotatable bonds is 4. The molecule has 5 heteroatoms. The molecule has 20 heavy (non-hydrogen) atoms. The minimum Gasteiger partial charge on any atom is -0.508 e. The van der Waals surface area contributed by atoms with Gasteiger partial charge in [-0.2, -0.15) is 0 Å². The van der Waals surface area contributed by atoms with Crippen LogP contribution in [0.2, 0.25) is 0 Å². The first-order valence-electron chi connectivity index (χ1n) is 6.75. The maximum atomic E-state index is 12.1. The molecule has 4 nitrogen and oxygen atoms in total. The van der Waals surface area contributed by atoms with Crippen LogP contribution in [0.5, 0.6) is 5.75 Å². The lowest BCUT2D eigenvalue weighted by Crippen LogP contribution is -2.56. The highest BCUT2D eigenvalue weighted by Gasteiger charge is 2.41. The van der Waals surface area contributed by atoms with Crippen molar-refractivity contribution in [2.75, 3.05) is 13.7 Å². The second-order valence-corrected chi connectivity index (χ2v) is 5.13. The fraction of sp³-hybridized carbons (Fsp3) is 0.533. The summed E-state index contributed by atoms with van der Waals surface area (Å²) in [6.45, 7) is 2.87. The van der Waals surface area contributed by atoms with Crippen LogP contribution in [0.4, 0.5) is 0 Å². The van der Waals surface area contributed by atoms with Crippen LogP contribution in [0.25, 0.3) is 0 Å². The quantitative estimate of drug-likeness (QED) is 0.837. The maximum absolute atomic E-state index is 12.1.